The monoisotopic (exact) mass is 348 g/mol. The summed E-state index contributed by atoms with van der Waals surface area (Å²) in [6.07, 6.45) is 7.99. The average molecular weight is 349 g/mol. The summed E-state index contributed by atoms with van der Waals surface area (Å²) in [6, 6.07) is 10.8. The van der Waals surface area contributed by atoms with Crippen LogP contribution in [0.2, 0.25) is 0 Å². The molecule has 0 spiro atoms. The lowest BCUT2D eigenvalue weighted by Gasteiger charge is -2.15. The summed E-state index contributed by atoms with van der Waals surface area (Å²) in [4.78, 5) is 0. The van der Waals surface area contributed by atoms with Crippen molar-refractivity contribution in [3.63, 3.8) is 0 Å². The van der Waals surface area contributed by atoms with E-state index in [-0.39, 0.29) is 12.5 Å². The molecule has 1 heterocycles. The van der Waals surface area contributed by atoms with Crippen molar-refractivity contribution in [3.8, 4) is 0 Å². The predicted molar refractivity (Wildman–Crippen MR) is 87.4 cm³/mol. The number of hydrogen-bond acceptors (Lipinski definition) is 2. The molecular weight excluding hydrogens is 328 g/mol. The summed E-state index contributed by atoms with van der Waals surface area (Å²) in [7, 11) is 0. The van der Waals surface area contributed by atoms with E-state index in [1.165, 1.54) is 25.7 Å². The third kappa shape index (κ3) is 3.38. The first-order valence-electron chi connectivity index (χ1n) is 7.67. The number of nitrogens with zero attached hydrogens (tertiary/aromatic N) is 2. The van der Waals surface area contributed by atoms with Crippen LogP contribution in [0.25, 0.3) is 0 Å². The molecular formula is C17H21BrN2O. The lowest BCUT2D eigenvalue weighted by Crippen LogP contribution is -2.10. The number of halogens is 1. The Labute approximate surface area is 134 Å². The number of benzene rings is 1. The molecule has 1 atom stereocenters. The molecule has 21 heavy (non-hydrogen) atoms. The molecule has 4 heteroatoms. The maximum absolute atomic E-state index is 9.73. The van der Waals surface area contributed by atoms with Crippen molar-refractivity contribution in [2.75, 3.05) is 6.61 Å². The second kappa shape index (κ2) is 6.75. The van der Waals surface area contributed by atoms with Crippen molar-refractivity contribution in [2.45, 2.75) is 44.1 Å². The Morgan fingerprint density at radius 2 is 2.00 bits per heavy atom. The molecule has 1 aromatic carbocycles. The van der Waals surface area contributed by atoms with Crippen LogP contribution in [0, 0.1) is 0 Å². The molecule has 0 radical (unpaired) electrons. The largest absolute Gasteiger partial charge is 0.396 e. The Bertz CT molecular complexity index is 590. The van der Waals surface area contributed by atoms with Crippen molar-refractivity contribution in [1.82, 2.24) is 9.78 Å². The van der Waals surface area contributed by atoms with Gasteiger partial charge in [-0.3, -0.25) is 4.68 Å². The van der Waals surface area contributed by atoms with Gasteiger partial charge in [0.05, 0.1) is 18.3 Å². The molecule has 0 aliphatic heterocycles. The second-order valence-electron chi connectivity index (χ2n) is 5.83. The third-order valence-electron chi connectivity index (χ3n) is 4.38. The summed E-state index contributed by atoms with van der Waals surface area (Å²) in [6.45, 7) is 0.138. The maximum Gasteiger partial charge on any atom is 0.0631 e. The second-order valence-corrected chi connectivity index (χ2v) is 6.68. The fourth-order valence-corrected chi connectivity index (χ4v) is 3.80. The molecule has 1 fully saturated rings. The number of aliphatic hydroxyl groups is 1. The number of hydrogen-bond donors (Lipinski definition) is 1. The zero-order chi connectivity index (χ0) is 14.7. The molecule has 3 nitrogen and oxygen atoms in total. The van der Waals surface area contributed by atoms with Crippen molar-refractivity contribution < 1.29 is 5.11 Å². The van der Waals surface area contributed by atoms with Crippen LogP contribution in [0.3, 0.4) is 0 Å². The first-order valence-corrected chi connectivity index (χ1v) is 8.46. The molecule has 0 bridgehead atoms. The van der Waals surface area contributed by atoms with E-state index in [2.05, 4.69) is 38.9 Å². The minimum absolute atomic E-state index is 0.0903. The van der Waals surface area contributed by atoms with Crippen LogP contribution in [-0.4, -0.2) is 21.5 Å². The van der Waals surface area contributed by atoms with Gasteiger partial charge in [0.1, 0.15) is 0 Å². The van der Waals surface area contributed by atoms with Crippen LogP contribution < -0.4 is 0 Å². The van der Waals surface area contributed by atoms with Crippen LogP contribution in [0.1, 0.15) is 48.9 Å². The lowest BCUT2D eigenvalue weighted by molar-refractivity contribution is 0.263. The summed E-state index contributed by atoms with van der Waals surface area (Å²) >= 11 is 3.57. The number of aliphatic hydroxyl groups excluding tert-OH is 1. The molecule has 0 amide bonds. The zero-order valence-corrected chi connectivity index (χ0v) is 13.7. The summed E-state index contributed by atoms with van der Waals surface area (Å²) < 4.78 is 3.18. The van der Waals surface area contributed by atoms with E-state index in [4.69, 9.17) is 5.10 Å². The van der Waals surface area contributed by atoms with E-state index in [9.17, 15) is 5.11 Å². The topological polar surface area (TPSA) is 38.0 Å². The molecule has 1 unspecified atom stereocenters. The van der Waals surface area contributed by atoms with E-state index in [1.54, 1.807) is 0 Å². The predicted octanol–water partition coefficient (Wildman–Crippen LogP) is 4.08. The van der Waals surface area contributed by atoms with E-state index >= 15 is 0 Å². The molecule has 1 N–H and O–H groups in total. The van der Waals surface area contributed by atoms with Crippen molar-refractivity contribution in [2.24, 2.45) is 0 Å². The van der Waals surface area contributed by atoms with Gasteiger partial charge in [-0.05, 0) is 30.5 Å². The third-order valence-corrected chi connectivity index (χ3v) is 5.11. The van der Waals surface area contributed by atoms with Crippen LogP contribution in [-0.2, 0) is 6.42 Å². The van der Waals surface area contributed by atoms with Crippen LogP contribution in [0.4, 0.5) is 0 Å². The van der Waals surface area contributed by atoms with E-state index in [0.717, 1.165) is 22.2 Å². The molecule has 2 aromatic rings. The number of rotatable bonds is 5. The van der Waals surface area contributed by atoms with Crippen molar-refractivity contribution in [3.05, 3.63) is 52.3 Å². The van der Waals surface area contributed by atoms with Crippen LogP contribution in [0.15, 0.2) is 41.0 Å². The first-order chi connectivity index (χ1) is 10.3. The fraction of sp³-hybridized carbons (Fsp3) is 0.471. The highest BCUT2D eigenvalue weighted by Gasteiger charge is 2.19. The summed E-state index contributed by atoms with van der Waals surface area (Å²) in [5.41, 5.74) is 2.21. The Hall–Kier alpha value is -1.13. The summed E-state index contributed by atoms with van der Waals surface area (Å²) in [5, 5.41) is 14.5. The fourth-order valence-electron chi connectivity index (χ4n) is 3.19. The lowest BCUT2D eigenvalue weighted by atomic mass is 9.95. The Morgan fingerprint density at radius 3 is 2.71 bits per heavy atom. The molecule has 1 aliphatic carbocycles. The van der Waals surface area contributed by atoms with Crippen LogP contribution in [0.5, 0.6) is 0 Å². The molecule has 112 valence electrons. The highest BCUT2D eigenvalue weighted by Crippen LogP contribution is 2.30. The Balaban J connectivity index is 1.74. The van der Waals surface area contributed by atoms with E-state index < -0.39 is 0 Å². The van der Waals surface area contributed by atoms with Gasteiger partial charge in [-0.1, -0.05) is 47.0 Å². The highest BCUT2D eigenvalue weighted by atomic mass is 79.9. The molecule has 1 saturated carbocycles. The van der Waals surface area contributed by atoms with Gasteiger partial charge in [0.15, 0.2) is 0 Å². The van der Waals surface area contributed by atoms with E-state index in [1.807, 2.05) is 18.2 Å². The van der Waals surface area contributed by atoms with Gasteiger partial charge < -0.3 is 5.11 Å². The van der Waals surface area contributed by atoms with Gasteiger partial charge in [-0.25, -0.2) is 0 Å². The van der Waals surface area contributed by atoms with Gasteiger partial charge in [0.25, 0.3) is 0 Å². The maximum atomic E-state index is 9.73. The van der Waals surface area contributed by atoms with Gasteiger partial charge in [0, 0.05) is 23.0 Å². The van der Waals surface area contributed by atoms with Gasteiger partial charge in [0.2, 0.25) is 0 Å². The number of aromatic nitrogens is 2. The van der Waals surface area contributed by atoms with Crippen molar-refractivity contribution >= 4 is 15.9 Å². The highest BCUT2D eigenvalue weighted by molar-refractivity contribution is 9.10. The molecule has 0 saturated heterocycles. The van der Waals surface area contributed by atoms with E-state index in [0.29, 0.717) is 6.04 Å². The minimum Gasteiger partial charge on any atom is -0.396 e. The average Bonchev–Trinajstić information content (AvgIpc) is 3.16. The molecule has 3 rings (SSSR count). The van der Waals surface area contributed by atoms with Crippen molar-refractivity contribution in [1.29, 1.82) is 0 Å². The Morgan fingerprint density at radius 1 is 1.24 bits per heavy atom. The SMILES string of the molecule is OCC(Cc1ccn(C2CCCC2)n1)c1ccccc1Br. The zero-order valence-electron chi connectivity index (χ0n) is 12.1. The molecule has 1 aliphatic rings. The Kier molecular flexibility index (Phi) is 4.76. The van der Waals surface area contributed by atoms with Crippen LogP contribution >= 0.6 is 15.9 Å². The standard InChI is InChI=1S/C17H21BrN2O/c18-17-8-4-3-7-16(17)13(12-21)11-14-9-10-20(19-14)15-5-1-2-6-15/h3-4,7-10,13,15,21H,1-2,5-6,11-12H2. The first kappa shape index (κ1) is 14.8. The quantitative estimate of drug-likeness (QED) is 0.883. The van der Waals surface area contributed by atoms with Gasteiger partial charge >= 0.3 is 0 Å². The molecule has 1 aromatic heterocycles. The smallest absolute Gasteiger partial charge is 0.0631 e. The summed E-state index contributed by atoms with van der Waals surface area (Å²) in [5.74, 6) is 0.0903. The van der Waals surface area contributed by atoms with Gasteiger partial charge in [-0.2, -0.15) is 5.10 Å². The van der Waals surface area contributed by atoms with Gasteiger partial charge in [-0.15, -0.1) is 0 Å². The normalized spacial score (nSPS) is 17.2. The minimum atomic E-state index is 0.0903.